The van der Waals surface area contributed by atoms with Gasteiger partial charge in [-0.3, -0.25) is 0 Å². The van der Waals surface area contributed by atoms with Gasteiger partial charge in [-0.2, -0.15) is 11.8 Å². The molecule has 1 aromatic rings. The number of benzene rings is 1. The zero-order valence-electron chi connectivity index (χ0n) is 11.6. The molecule has 0 aliphatic heterocycles. The summed E-state index contributed by atoms with van der Waals surface area (Å²) in [5.41, 5.74) is 2.97. The normalized spacial score (nSPS) is 24.1. The van der Waals surface area contributed by atoms with E-state index in [9.17, 15) is 0 Å². The molecular weight excluding hydrogens is 238 g/mol. The van der Waals surface area contributed by atoms with Gasteiger partial charge in [0.1, 0.15) is 0 Å². The van der Waals surface area contributed by atoms with Crippen molar-refractivity contribution in [1.82, 2.24) is 5.32 Å². The first kappa shape index (κ1) is 14.0. The Morgan fingerprint density at radius 3 is 2.72 bits per heavy atom. The van der Waals surface area contributed by atoms with Gasteiger partial charge < -0.3 is 5.32 Å². The zero-order valence-corrected chi connectivity index (χ0v) is 12.4. The van der Waals surface area contributed by atoms with Crippen LogP contribution in [-0.4, -0.2) is 17.5 Å². The fraction of sp³-hybridized carbons (Fsp3) is 0.625. The van der Waals surface area contributed by atoms with Gasteiger partial charge in [0.05, 0.1) is 0 Å². The van der Waals surface area contributed by atoms with Gasteiger partial charge in [-0.05, 0) is 43.1 Å². The molecule has 2 rings (SSSR count). The largest absolute Gasteiger partial charge is 0.310 e. The van der Waals surface area contributed by atoms with Crippen molar-refractivity contribution in [1.29, 1.82) is 0 Å². The van der Waals surface area contributed by atoms with E-state index < -0.39 is 0 Å². The fourth-order valence-corrected chi connectivity index (χ4v) is 3.70. The van der Waals surface area contributed by atoms with Crippen LogP contribution in [0.1, 0.15) is 43.7 Å². The van der Waals surface area contributed by atoms with Crippen molar-refractivity contribution in [3.63, 3.8) is 0 Å². The summed E-state index contributed by atoms with van der Waals surface area (Å²) in [7, 11) is 0. The minimum atomic E-state index is 0.723. The number of hydrogen-bond acceptors (Lipinski definition) is 2. The van der Waals surface area contributed by atoms with E-state index in [1.54, 1.807) is 0 Å². The summed E-state index contributed by atoms with van der Waals surface area (Å²) in [6, 6.07) is 9.54. The average molecular weight is 263 g/mol. The lowest BCUT2D eigenvalue weighted by Crippen LogP contribution is -2.34. The maximum Gasteiger partial charge on any atom is 0.0210 e. The summed E-state index contributed by atoms with van der Waals surface area (Å²) < 4.78 is 0. The second kappa shape index (κ2) is 7.20. The van der Waals surface area contributed by atoms with Gasteiger partial charge in [0, 0.05) is 17.8 Å². The topological polar surface area (TPSA) is 12.0 Å². The van der Waals surface area contributed by atoms with Gasteiger partial charge in [0.25, 0.3) is 0 Å². The van der Waals surface area contributed by atoms with Crippen LogP contribution in [0.3, 0.4) is 0 Å². The Morgan fingerprint density at radius 1 is 1.22 bits per heavy atom. The number of aryl methyl sites for hydroxylation is 1. The minimum Gasteiger partial charge on any atom is -0.310 e. The third-order valence-corrected chi connectivity index (χ3v) is 5.13. The second-order valence-corrected chi connectivity index (χ2v) is 6.36. The molecule has 1 fully saturated rings. The number of rotatable bonds is 5. The van der Waals surface area contributed by atoms with Crippen LogP contribution in [0.4, 0.5) is 0 Å². The highest BCUT2D eigenvalue weighted by Crippen LogP contribution is 2.27. The van der Waals surface area contributed by atoms with E-state index in [4.69, 9.17) is 0 Å². The predicted octanol–water partition coefficient (Wildman–Crippen LogP) is 4.01. The van der Waals surface area contributed by atoms with E-state index in [2.05, 4.69) is 42.8 Å². The molecule has 1 aromatic carbocycles. The molecule has 1 aliphatic carbocycles. The second-order valence-electron chi connectivity index (χ2n) is 5.22. The molecule has 1 N–H and O–H groups in total. The molecule has 100 valence electrons. The highest BCUT2D eigenvalue weighted by atomic mass is 32.2. The van der Waals surface area contributed by atoms with Crippen molar-refractivity contribution >= 4 is 11.8 Å². The van der Waals surface area contributed by atoms with Crippen molar-refractivity contribution in [3.8, 4) is 0 Å². The smallest absolute Gasteiger partial charge is 0.0210 e. The number of thioether (sulfide) groups is 1. The van der Waals surface area contributed by atoms with Crippen molar-refractivity contribution in [3.05, 3.63) is 35.4 Å². The maximum atomic E-state index is 3.76. The SMILES string of the molecule is CCc1ccccc1CNC1CCCC(SC)C1. The van der Waals surface area contributed by atoms with Crippen molar-refractivity contribution in [2.75, 3.05) is 6.26 Å². The molecule has 0 bridgehead atoms. The van der Waals surface area contributed by atoms with E-state index in [0.29, 0.717) is 0 Å². The summed E-state index contributed by atoms with van der Waals surface area (Å²) in [6.45, 7) is 3.28. The standard InChI is InChI=1S/C16H25NS/c1-3-13-7-4-5-8-14(13)12-17-15-9-6-10-16(11-15)18-2/h4-5,7-8,15-17H,3,6,9-12H2,1-2H3. The van der Waals surface area contributed by atoms with Gasteiger partial charge in [0.15, 0.2) is 0 Å². The Labute approximate surface area is 116 Å². The first-order chi connectivity index (χ1) is 8.83. The minimum absolute atomic E-state index is 0.723. The lowest BCUT2D eigenvalue weighted by Gasteiger charge is -2.29. The first-order valence-corrected chi connectivity index (χ1v) is 8.45. The Hall–Kier alpha value is -0.470. The summed E-state index contributed by atoms with van der Waals surface area (Å²) in [5.74, 6) is 0. The average Bonchev–Trinajstić information content (AvgIpc) is 2.45. The van der Waals surface area contributed by atoms with Crippen molar-refractivity contribution in [2.45, 2.75) is 56.9 Å². The molecule has 2 unspecified atom stereocenters. The molecule has 2 heteroatoms. The molecule has 0 saturated heterocycles. The van der Waals surface area contributed by atoms with Crippen LogP contribution in [0.2, 0.25) is 0 Å². The molecule has 2 atom stereocenters. The van der Waals surface area contributed by atoms with Crippen LogP contribution in [0.25, 0.3) is 0 Å². The van der Waals surface area contributed by atoms with E-state index in [-0.39, 0.29) is 0 Å². The van der Waals surface area contributed by atoms with Gasteiger partial charge in [0.2, 0.25) is 0 Å². The number of nitrogens with one attached hydrogen (secondary N) is 1. The lowest BCUT2D eigenvalue weighted by molar-refractivity contribution is 0.379. The van der Waals surface area contributed by atoms with E-state index in [1.807, 2.05) is 11.8 Å². The highest BCUT2D eigenvalue weighted by molar-refractivity contribution is 7.99. The molecule has 18 heavy (non-hydrogen) atoms. The molecule has 0 spiro atoms. The molecule has 0 heterocycles. The van der Waals surface area contributed by atoms with Gasteiger partial charge in [-0.15, -0.1) is 0 Å². The summed E-state index contributed by atoms with van der Waals surface area (Å²) in [6.07, 6.45) is 8.87. The monoisotopic (exact) mass is 263 g/mol. The van der Waals surface area contributed by atoms with Crippen LogP contribution >= 0.6 is 11.8 Å². The Balaban J connectivity index is 1.87. The highest BCUT2D eigenvalue weighted by Gasteiger charge is 2.20. The molecule has 0 amide bonds. The van der Waals surface area contributed by atoms with Gasteiger partial charge in [-0.1, -0.05) is 37.6 Å². The molecule has 1 aliphatic rings. The van der Waals surface area contributed by atoms with Gasteiger partial charge in [-0.25, -0.2) is 0 Å². The van der Waals surface area contributed by atoms with Crippen molar-refractivity contribution in [2.24, 2.45) is 0 Å². The Kier molecular flexibility index (Phi) is 5.58. The van der Waals surface area contributed by atoms with E-state index in [0.717, 1.165) is 24.3 Å². The van der Waals surface area contributed by atoms with Crippen LogP contribution < -0.4 is 5.32 Å². The van der Waals surface area contributed by atoms with E-state index >= 15 is 0 Å². The van der Waals surface area contributed by atoms with Crippen molar-refractivity contribution < 1.29 is 0 Å². The third kappa shape index (κ3) is 3.76. The summed E-state index contributed by atoms with van der Waals surface area (Å²) in [4.78, 5) is 0. The van der Waals surface area contributed by atoms with Gasteiger partial charge >= 0.3 is 0 Å². The van der Waals surface area contributed by atoms with E-state index in [1.165, 1.54) is 36.8 Å². The van der Waals surface area contributed by atoms with Crippen LogP contribution in [0.15, 0.2) is 24.3 Å². The van der Waals surface area contributed by atoms with Crippen LogP contribution in [-0.2, 0) is 13.0 Å². The quantitative estimate of drug-likeness (QED) is 0.861. The maximum absolute atomic E-state index is 3.76. The first-order valence-electron chi connectivity index (χ1n) is 7.16. The molecule has 1 nitrogen and oxygen atoms in total. The number of hydrogen-bond donors (Lipinski definition) is 1. The zero-order chi connectivity index (χ0) is 12.8. The Bertz CT molecular complexity index is 364. The molecule has 0 radical (unpaired) electrons. The third-order valence-electron chi connectivity index (χ3n) is 4.04. The summed E-state index contributed by atoms with van der Waals surface area (Å²) >= 11 is 2.04. The molecule has 1 saturated carbocycles. The predicted molar refractivity (Wildman–Crippen MR) is 82.2 cm³/mol. The molecule has 0 aromatic heterocycles. The Morgan fingerprint density at radius 2 is 2.00 bits per heavy atom. The molecular formula is C16H25NS. The lowest BCUT2D eigenvalue weighted by atomic mass is 9.94. The van der Waals surface area contributed by atoms with Crippen LogP contribution in [0.5, 0.6) is 0 Å². The summed E-state index contributed by atoms with van der Waals surface area (Å²) in [5, 5.41) is 4.64. The fourth-order valence-electron chi connectivity index (χ4n) is 2.87. The van der Waals surface area contributed by atoms with Crippen LogP contribution in [0, 0.1) is 0 Å².